The maximum absolute atomic E-state index is 12.5. The summed E-state index contributed by atoms with van der Waals surface area (Å²) >= 11 is 0. The van der Waals surface area contributed by atoms with Crippen molar-refractivity contribution in [1.29, 1.82) is 0 Å². The smallest absolute Gasteiger partial charge is 0.223 e. The lowest BCUT2D eigenvalue weighted by Gasteiger charge is -2.17. The Bertz CT molecular complexity index is 754. The summed E-state index contributed by atoms with van der Waals surface area (Å²) in [7, 11) is 4.73. The van der Waals surface area contributed by atoms with Gasteiger partial charge in [-0.3, -0.25) is 4.79 Å². The first-order valence-electron chi connectivity index (χ1n) is 8.01. The van der Waals surface area contributed by atoms with Crippen LogP contribution in [0.5, 0.6) is 17.2 Å². The van der Waals surface area contributed by atoms with E-state index in [0.29, 0.717) is 43.2 Å². The third-order valence-corrected chi connectivity index (χ3v) is 4.33. The number of aryl methyl sites for hydroxylation is 1. The standard InChI is InChI=1S/C18H21N3O4/c1-23-15-6-4-12(17(24-2)18(15)25-3)5-7-16(22)21-9-13-8-19-11-20-14(13)10-21/h4,6,8,11H,5,7,9-10H2,1-3H3. The van der Waals surface area contributed by atoms with Crippen LogP contribution in [0.15, 0.2) is 24.7 Å². The number of ether oxygens (including phenoxy) is 3. The molecule has 1 aliphatic rings. The number of methoxy groups -OCH3 is 3. The van der Waals surface area contributed by atoms with E-state index in [-0.39, 0.29) is 5.91 Å². The van der Waals surface area contributed by atoms with Crippen LogP contribution < -0.4 is 14.2 Å². The summed E-state index contributed by atoms with van der Waals surface area (Å²) in [6.45, 7) is 1.11. The zero-order valence-electron chi connectivity index (χ0n) is 14.6. The molecule has 0 atom stereocenters. The highest BCUT2D eigenvalue weighted by atomic mass is 16.5. The Balaban J connectivity index is 1.69. The molecule has 2 aromatic rings. The molecule has 0 fully saturated rings. The minimum atomic E-state index is 0.0786. The molecule has 2 heterocycles. The normalized spacial score (nSPS) is 12.7. The van der Waals surface area contributed by atoms with E-state index in [0.717, 1.165) is 16.8 Å². The summed E-state index contributed by atoms with van der Waals surface area (Å²) in [4.78, 5) is 22.6. The van der Waals surface area contributed by atoms with Crippen molar-refractivity contribution in [2.45, 2.75) is 25.9 Å². The van der Waals surface area contributed by atoms with E-state index >= 15 is 0 Å². The third-order valence-electron chi connectivity index (χ3n) is 4.33. The van der Waals surface area contributed by atoms with E-state index < -0.39 is 0 Å². The van der Waals surface area contributed by atoms with Crippen molar-refractivity contribution >= 4 is 5.91 Å². The molecule has 3 rings (SSSR count). The van der Waals surface area contributed by atoms with Gasteiger partial charge in [0.15, 0.2) is 11.5 Å². The zero-order valence-corrected chi connectivity index (χ0v) is 14.6. The first kappa shape index (κ1) is 17.0. The average Bonchev–Trinajstić information content (AvgIpc) is 3.09. The van der Waals surface area contributed by atoms with E-state index in [9.17, 15) is 4.79 Å². The maximum Gasteiger partial charge on any atom is 0.223 e. The highest BCUT2D eigenvalue weighted by molar-refractivity contribution is 5.77. The molecule has 0 bridgehead atoms. The number of fused-ring (bicyclic) bond motifs is 1. The van der Waals surface area contributed by atoms with Gasteiger partial charge in [-0.1, -0.05) is 6.07 Å². The Morgan fingerprint density at radius 3 is 2.60 bits per heavy atom. The quantitative estimate of drug-likeness (QED) is 0.798. The SMILES string of the molecule is COc1ccc(CCC(=O)N2Cc3cncnc3C2)c(OC)c1OC. The van der Waals surface area contributed by atoms with Gasteiger partial charge >= 0.3 is 0 Å². The molecule has 0 saturated carbocycles. The average molecular weight is 343 g/mol. The van der Waals surface area contributed by atoms with E-state index in [2.05, 4.69) is 9.97 Å². The van der Waals surface area contributed by atoms with Crippen LogP contribution in [-0.4, -0.2) is 42.1 Å². The van der Waals surface area contributed by atoms with E-state index in [4.69, 9.17) is 14.2 Å². The Morgan fingerprint density at radius 1 is 1.12 bits per heavy atom. The van der Waals surface area contributed by atoms with Crippen molar-refractivity contribution in [2.75, 3.05) is 21.3 Å². The number of amides is 1. The first-order valence-corrected chi connectivity index (χ1v) is 8.01. The maximum atomic E-state index is 12.5. The number of benzene rings is 1. The number of aromatic nitrogens is 2. The summed E-state index contributed by atoms with van der Waals surface area (Å²) < 4.78 is 16.1. The Hall–Kier alpha value is -2.83. The second kappa shape index (κ2) is 7.38. The van der Waals surface area contributed by atoms with Crippen LogP contribution in [0.3, 0.4) is 0 Å². The Labute approximate surface area is 146 Å². The van der Waals surface area contributed by atoms with Crippen molar-refractivity contribution in [2.24, 2.45) is 0 Å². The molecule has 0 spiro atoms. The molecule has 25 heavy (non-hydrogen) atoms. The Kier molecular flexibility index (Phi) is 5.02. The van der Waals surface area contributed by atoms with Crippen LogP contribution in [0.1, 0.15) is 23.2 Å². The van der Waals surface area contributed by atoms with Crippen molar-refractivity contribution < 1.29 is 19.0 Å². The molecule has 0 unspecified atom stereocenters. The summed E-state index contributed by atoms with van der Waals surface area (Å²) in [6.07, 6.45) is 4.22. The third kappa shape index (κ3) is 3.35. The van der Waals surface area contributed by atoms with Crippen LogP contribution >= 0.6 is 0 Å². The van der Waals surface area contributed by atoms with Crippen LogP contribution in [0, 0.1) is 0 Å². The van der Waals surface area contributed by atoms with Crippen molar-refractivity contribution in [3.05, 3.63) is 41.5 Å². The van der Waals surface area contributed by atoms with Crippen LogP contribution in [0.25, 0.3) is 0 Å². The van der Waals surface area contributed by atoms with Gasteiger partial charge in [0.05, 0.1) is 33.6 Å². The molecule has 1 aromatic heterocycles. The highest BCUT2D eigenvalue weighted by Crippen LogP contribution is 2.40. The van der Waals surface area contributed by atoms with Gasteiger partial charge in [-0.15, -0.1) is 0 Å². The lowest BCUT2D eigenvalue weighted by molar-refractivity contribution is -0.131. The van der Waals surface area contributed by atoms with Crippen LogP contribution in [-0.2, 0) is 24.3 Å². The van der Waals surface area contributed by atoms with Gasteiger partial charge < -0.3 is 19.1 Å². The topological polar surface area (TPSA) is 73.8 Å². The van der Waals surface area contributed by atoms with E-state index in [1.807, 2.05) is 12.1 Å². The first-order chi connectivity index (χ1) is 12.2. The van der Waals surface area contributed by atoms with Crippen LogP contribution in [0.2, 0.25) is 0 Å². The number of hydrogen-bond acceptors (Lipinski definition) is 6. The van der Waals surface area contributed by atoms with Gasteiger partial charge in [0.1, 0.15) is 6.33 Å². The van der Waals surface area contributed by atoms with Gasteiger partial charge in [-0.2, -0.15) is 0 Å². The molecule has 1 amide bonds. The summed E-state index contributed by atoms with van der Waals surface area (Å²) in [5.74, 6) is 1.82. The number of nitrogens with zero attached hydrogens (tertiary/aromatic N) is 3. The fourth-order valence-corrected chi connectivity index (χ4v) is 3.04. The second-order valence-electron chi connectivity index (χ2n) is 5.74. The molecule has 7 nitrogen and oxygen atoms in total. The number of carbonyl (C=O) groups excluding carboxylic acids is 1. The molecule has 132 valence electrons. The van der Waals surface area contributed by atoms with Gasteiger partial charge in [0.25, 0.3) is 0 Å². The van der Waals surface area contributed by atoms with Gasteiger partial charge in [-0.25, -0.2) is 9.97 Å². The number of hydrogen-bond donors (Lipinski definition) is 0. The largest absolute Gasteiger partial charge is 0.493 e. The Morgan fingerprint density at radius 2 is 1.92 bits per heavy atom. The summed E-state index contributed by atoms with van der Waals surface area (Å²) in [5, 5.41) is 0. The van der Waals surface area contributed by atoms with Gasteiger partial charge in [0, 0.05) is 24.7 Å². The fraction of sp³-hybridized carbons (Fsp3) is 0.389. The van der Waals surface area contributed by atoms with Crippen LogP contribution in [0.4, 0.5) is 0 Å². The number of rotatable bonds is 6. The predicted molar refractivity (Wildman–Crippen MR) is 90.7 cm³/mol. The van der Waals surface area contributed by atoms with Crippen molar-refractivity contribution in [1.82, 2.24) is 14.9 Å². The summed E-state index contributed by atoms with van der Waals surface area (Å²) in [5.41, 5.74) is 2.84. The minimum absolute atomic E-state index is 0.0786. The molecular weight excluding hydrogens is 322 g/mol. The lowest BCUT2D eigenvalue weighted by Crippen LogP contribution is -2.25. The van der Waals surface area contributed by atoms with Gasteiger partial charge in [-0.05, 0) is 18.1 Å². The molecule has 0 aliphatic carbocycles. The van der Waals surface area contributed by atoms with Gasteiger partial charge in [0.2, 0.25) is 11.7 Å². The minimum Gasteiger partial charge on any atom is -0.493 e. The number of carbonyl (C=O) groups is 1. The van der Waals surface area contributed by atoms with E-state index in [1.54, 1.807) is 32.4 Å². The highest BCUT2D eigenvalue weighted by Gasteiger charge is 2.25. The molecule has 0 saturated heterocycles. The summed E-state index contributed by atoms with van der Waals surface area (Å²) in [6, 6.07) is 3.72. The molecule has 1 aromatic carbocycles. The van der Waals surface area contributed by atoms with Crippen molar-refractivity contribution in [3.63, 3.8) is 0 Å². The molecule has 1 aliphatic heterocycles. The predicted octanol–water partition coefficient (Wildman–Crippen LogP) is 1.98. The molecule has 7 heteroatoms. The van der Waals surface area contributed by atoms with E-state index in [1.165, 1.54) is 6.33 Å². The monoisotopic (exact) mass is 343 g/mol. The lowest BCUT2D eigenvalue weighted by atomic mass is 10.1. The molecule has 0 radical (unpaired) electrons. The second-order valence-corrected chi connectivity index (χ2v) is 5.74. The fourth-order valence-electron chi connectivity index (χ4n) is 3.04. The molecular formula is C18H21N3O4. The zero-order chi connectivity index (χ0) is 17.8. The molecule has 0 N–H and O–H groups in total. The van der Waals surface area contributed by atoms with Crippen molar-refractivity contribution in [3.8, 4) is 17.2 Å².